The van der Waals surface area contributed by atoms with Crippen molar-refractivity contribution in [2.45, 2.75) is 37.5 Å². The molecule has 2 aromatic rings. The van der Waals surface area contributed by atoms with Gasteiger partial charge in [0.15, 0.2) is 0 Å². The van der Waals surface area contributed by atoms with Crippen molar-refractivity contribution in [1.29, 1.82) is 0 Å². The molecule has 0 unspecified atom stereocenters. The average molecular weight is 342 g/mol. The number of nitrogens with one attached hydrogen (secondary N) is 1. The fourth-order valence-corrected chi connectivity index (χ4v) is 3.83. The number of nitrogens with zero attached hydrogens (tertiary/aromatic N) is 5. The molecule has 2 aliphatic heterocycles. The molecule has 0 saturated carbocycles. The van der Waals surface area contributed by atoms with E-state index in [1.807, 2.05) is 35.2 Å². The summed E-state index contributed by atoms with van der Waals surface area (Å²) in [7, 11) is 0. The van der Waals surface area contributed by atoms with Crippen LogP contribution in [0.15, 0.2) is 36.7 Å². The lowest BCUT2D eigenvalue weighted by atomic mass is 9.88. The lowest BCUT2D eigenvalue weighted by Crippen LogP contribution is -2.45. The summed E-state index contributed by atoms with van der Waals surface area (Å²) in [5.41, 5.74) is 0.790. The van der Waals surface area contributed by atoms with Crippen LogP contribution in [0.25, 0.3) is 0 Å². The van der Waals surface area contributed by atoms with E-state index in [1.54, 1.807) is 0 Å². The highest BCUT2D eigenvalue weighted by atomic mass is 16.5. The molecule has 0 radical (unpaired) electrons. The van der Waals surface area contributed by atoms with E-state index in [-0.39, 0.29) is 24.1 Å². The van der Waals surface area contributed by atoms with E-state index in [2.05, 4.69) is 20.8 Å². The van der Waals surface area contributed by atoms with E-state index in [4.69, 9.17) is 4.74 Å². The number of carbonyl (C=O) groups is 1. The molecule has 2 fully saturated rings. The molecule has 1 spiro atoms. The topological polar surface area (TPSA) is 85.2 Å². The van der Waals surface area contributed by atoms with Gasteiger partial charge in [0.05, 0.1) is 18.2 Å². The zero-order chi connectivity index (χ0) is 17.1. The van der Waals surface area contributed by atoms with Crippen LogP contribution in [-0.2, 0) is 16.1 Å². The number of carbonyl (C=O) groups excluding carboxylic acids is 1. The van der Waals surface area contributed by atoms with Crippen LogP contribution in [0, 0.1) is 0 Å². The minimum absolute atomic E-state index is 0.0296. The third-order valence-electron chi connectivity index (χ3n) is 5.06. The molecule has 2 saturated heterocycles. The average Bonchev–Trinajstić information content (AvgIpc) is 3.28. The number of para-hydroxylation sites is 1. The van der Waals surface area contributed by atoms with Crippen molar-refractivity contribution in [2.24, 2.45) is 0 Å². The molecule has 3 heterocycles. The minimum atomic E-state index is -0.0992. The molecule has 0 bridgehead atoms. The van der Waals surface area contributed by atoms with Crippen molar-refractivity contribution in [1.82, 2.24) is 25.5 Å². The van der Waals surface area contributed by atoms with Crippen LogP contribution in [0.5, 0.6) is 0 Å². The molecular formula is C17H22N6O2. The Morgan fingerprint density at radius 1 is 1.32 bits per heavy atom. The summed E-state index contributed by atoms with van der Waals surface area (Å²) < 4.78 is 7.65. The van der Waals surface area contributed by atoms with Crippen LogP contribution < -0.4 is 10.2 Å². The minimum Gasteiger partial charge on any atom is -0.373 e. The van der Waals surface area contributed by atoms with Gasteiger partial charge in [-0.2, -0.15) is 0 Å². The van der Waals surface area contributed by atoms with Crippen LogP contribution in [0.4, 0.5) is 5.69 Å². The number of anilines is 1. The first-order valence-corrected chi connectivity index (χ1v) is 8.68. The molecule has 132 valence electrons. The van der Waals surface area contributed by atoms with Gasteiger partial charge in [-0.05, 0) is 54.9 Å². The summed E-state index contributed by atoms with van der Waals surface area (Å²) in [6, 6.07) is 9.80. The van der Waals surface area contributed by atoms with Gasteiger partial charge in [-0.15, -0.1) is 5.10 Å². The molecule has 4 rings (SSSR count). The highest BCUT2D eigenvalue weighted by Gasteiger charge is 2.44. The van der Waals surface area contributed by atoms with Crippen LogP contribution in [0.3, 0.4) is 0 Å². The number of hydrogen-bond acceptors (Lipinski definition) is 6. The number of aromatic nitrogens is 4. The van der Waals surface area contributed by atoms with Crippen molar-refractivity contribution in [2.75, 3.05) is 24.6 Å². The zero-order valence-corrected chi connectivity index (χ0v) is 14.0. The Hall–Kier alpha value is -2.32. The molecule has 25 heavy (non-hydrogen) atoms. The van der Waals surface area contributed by atoms with Crippen molar-refractivity contribution >= 4 is 11.6 Å². The fraction of sp³-hybridized carbons (Fsp3) is 0.529. The number of rotatable bonds is 4. The van der Waals surface area contributed by atoms with Crippen LogP contribution in [0.1, 0.15) is 19.3 Å². The van der Waals surface area contributed by atoms with Gasteiger partial charge in [-0.3, -0.25) is 4.79 Å². The van der Waals surface area contributed by atoms with Crippen LogP contribution in [-0.4, -0.2) is 57.5 Å². The Bertz CT molecular complexity index is 699. The molecule has 8 heteroatoms. The summed E-state index contributed by atoms with van der Waals surface area (Å²) in [6.45, 7) is 2.62. The second-order valence-electron chi connectivity index (χ2n) is 6.71. The summed E-state index contributed by atoms with van der Waals surface area (Å²) in [5, 5.41) is 14.4. The number of benzene rings is 1. The smallest absolute Gasteiger partial charge is 0.249 e. The number of hydrogen-bond donors (Lipinski definition) is 1. The molecule has 1 atom stereocenters. The van der Waals surface area contributed by atoms with E-state index in [0.717, 1.165) is 38.0 Å². The van der Waals surface area contributed by atoms with Gasteiger partial charge in [0.25, 0.3) is 0 Å². The lowest BCUT2D eigenvalue weighted by Gasteiger charge is -2.34. The summed E-state index contributed by atoms with van der Waals surface area (Å²) in [4.78, 5) is 14.9. The first kappa shape index (κ1) is 16.2. The second-order valence-corrected chi connectivity index (χ2v) is 6.71. The first-order valence-electron chi connectivity index (χ1n) is 8.68. The second kappa shape index (κ2) is 6.89. The van der Waals surface area contributed by atoms with Gasteiger partial charge >= 0.3 is 0 Å². The number of tetrazole rings is 1. The van der Waals surface area contributed by atoms with E-state index in [1.165, 1.54) is 11.0 Å². The highest BCUT2D eigenvalue weighted by Crippen LogP contribution is 2.37. The molecule has 1 N–H and O–H groups in total. The predicted molar refractivity (Wildman–Crippen MR) is 90.9 cm³/mol. The molecule has 1 amide bonds. The SMILES string of the molecule is O=C(Cn1cnnn1)N(c1ccccc1)[C@@H]1COC2(CCNCC2)C1. The van der Waals surface area contributed by atoms with Gasteiger partial charge in [-0.1, -0.05) is 18.2 Å². The Kier molecular flexibility index (Phi) is 4.46. The fourth-order valence-electron chi connectivity index (χ4n) is 3.83. The Labute approximate surface area is 146 Å². The number of piperidine rings is 1. The standard InChI is InChI=1S/C17H22N6O2/c24-16(11-22-13-19-20-21-22)23(14-4-2-1-3-5-14)15-10-17(25-12-15)6-8-18-9-7-17/h1-5,13,15,18H,6-12H2/t15-/m0/s1. The quantitative estimate of drug-likeness (QED) is 0.877. The lowest BCUT2D eigenvalue weighted by molar-refractivity contribution is -0.119. The molecular weight excluding hydrogens is 320 g/mol. The first-order chi connectivity index (χ1) is 12.3. The monoisotopic (exact) mass is 342 g/mol. The zero-order valence-electron chi connectivity index (χ0n) is 14.0. The number of amides is 1. The Morgan fingerprint density at radius 2 is 2.12 bits per heavy atom. The third-order valence-corrected chi connectivity index (χ3v) is 5.06. The Morgan fingerprint density at radius 3 is 2.84 bits per heavy atom. The van der Waals surface area contributed by atoms with Gasteiger partial charge in [0.1, 0.15) is 12.9 Å². The maximum absolute atomic E-state index is 13.0. The summed E-state index contributed by atoms with van der Waals surface area (Å²) in [6.07, 6.45) is 4.31. The molecule has 8 nitrogen and oxygen atoms in total. The number of ether oxygens (including phenoxy) is 1. The summed E-state index contributed by atoms with van der Waals surface area (Å²) >= 11 is 0. The van der Waals surface area contributed by atoms with E-state index < -0.39 is 0 Å². The van der Waals surface area contributed by atoms with Gasteiger partial charge in [-0.25, -0.2) is 4.68 Å². The third kappa shape index (κ3) is 3.40. The van der Waals surface area contributed by atoms with Crippen molar-refractivity contribution < 1.29 is 9.53 Å². The molecule has 1 aromatic heterocycles. The van der Waals surface area contributed by atoms with Gasteiger partial charge < -0.3 is 15.0 Å². The maximum Gasteiger partial charge on any atom is 0.249 e. The van der Waals surface area contributed by atoms with Gasteiger partial charge in [0, 0.05) is 5.69 Å². The van der Waals surface area contributed by atoms with Crippen molar-refractivity contribution in [3.63, 3.8) is 0 Å². The molecule has 1 aromatic carbocycles. The van der Waals surface area contributed by atoms with Crippen molar-refractivity contribution in [3.05, 3.63) is 36.7 Å². The maximum atomic E-state index is 13.0. The normalized spacial score (nSPS) is 22.2. The molecule has 0 aliphatic carbocycles. The predicted octanol–water partition coefficient (Wildman–Crippen LogP) is 0.617. The summed E-state index contributed by atoms with van der Waals surface area (Å²) in [5.74, 6) is -0.0296. The van der Waals surface area contributed by atoms with E-state index >= 15 is 0 Å². The van der Waals surface area contributed by atoms with Gasteiger partial charge in [0.2, 0.25) is 5.91 Å². The van der Waals surface area contributed by atoms with E-state index in [9.17, 15) is 4.79 Å². The molecule has 2 aliphatic rings. The largest absolute Gasteiger partial charge is 0.373 e. The van der Waals surface area contributed by atoms with Crippen LogP contribution >= 0.6 is 0 Å². The Balaban J connectivity index is 1.56. The van der Waals surface area contributed by atoms with Crippen LogP contribution in [0.2, 0.25) is 0 Å². The highest BCUT2D eigenvalue weighted by molar-refractivity contribution is 5.93. The van der Waals surface area contributed by atoms with E-state index in [0.29, 0.717) is 6.61 Å². The van der Waals surface area contributed by atoms with Crippen molar-refractivity contribution in [3.8, 4) is 0 Å².